The number of thiocarbonyl (C=S) groups is 1. The Morgan fingerprint density at radius 1 is 1.04 bits per heavy atom. The van der Waals surface area contributed by atoms with Gasteiger partial charge in [-0.2, -0.15) is 0 Å². The number of nitrogens with one attached hydrogen (secondary N) is 1. The van der Waals surface area contributed by atoms with Crippen molar-refractivity contribution in [2.75, 3.05) is 26.2 Å². The summed E-state index contributed by atoms with van der Waals surface area (Å²) >= 11 is 5.59. The van der Waals surface area contributed by atoms with Crippen molar-refractivity contribution < 1.29 is 4.39 Å². The van der Waals surface area contributed by atoms with Crippen LogP contribution in [-0.4, -0.2) is 41.1 Å². The van der Waals surface area contributed by atoms with Gasteiger partial charge in [-0.15, -0.1) is 0 Å². The Bertz CT molecular complexity index is 682. The van der Waals surface area contributed by atoms with E-state index < -0.39 is 0 Å². The van der Waals surface area contributed by atoms with Gasteiger partial charge in [-0.05, 0) is 42.4 Å². The third-order valence-corrected chi connectivity index (χ3v) is 4.99. The quantitative estimate of drug-likeness (QED) is 0.843. The van der Waals surface area contributed by atoms with E-state index in [2.05, 4.69) is 34.2 Å². The van der Waals surface area contributed by atoms with Crippen LogP contribution in [0.5, 0.6) is 0 Å². The van der Waals surface area contributed by atoms with Gasteiger partial charge >= 0.3 is 0 Å². The molecule has 0 amide bonds. The van der Waals surface area contributed by atoms with Gasteiger partial charge in [-0.1, -0.05) is 42.5 Å². The Hall–Kier alpha value is -1.98. The topological polar surface area (TPSA) is 18.5 Å². The molecule has 1 N–H and O–H groups in total. The van der Waals surface area contributed by atoms with Gasteiger partial charge in [0.1, 0.15) is 5.82 Å². The largest absolute Gasteiger partial charge is 0.356 e. The Labute approximate surface area is 154 Å². The van der Waals surface area contributed by atoms with Gasteiger partial charge in [-0.3, -0.25) is 4.90 Å². The fraction of sp³-hybridized carbons (Fsp3) is 0.350. The maximum atomic E-state index is 13.0. The molecule has 2 aromatic carbocycles. The Morgan fingerprint density at radius 3 is 2.32 bits per heavy atom. The normalized spacial score (nSPS) is 16.5. The molecule has 0 radical (unpaired) electrons. The first kappa shape index (κ1) is 17.8. The van der Waals surface area contributed by atoms with Crippen molar-refractivity contribution in [1.82, 2.24) is 15.1 Å². The molecule has 1 unspecified atom stereocenters. The molecule has 132 valence electrons. The fourth-order valence-corrected chi connectivity index (χ4v) is 3.42. The second kappa shape index (κ2) is 8.41. The molecule has 0 spiro atoms. The minimum Gasteiger partial charge on any atom is -0.356 e. The summed E-state index contributed by atoms with van der Waals surface area (Å²) in [6.45, 7) is 6.72. The molecule has 1 saturated heterocycles. The summed E-state index contributed by atoms with van der Waals surface area (Å²) in [4.78, 5) is 4.61. The molecule has 1 atom stereocenters. The minimum atomic E-state index is -0.183. The van der Waals surface area contributed by atoms with Gasteiger partial charge < -0.3 is 10.2 Å². The summed E-state index contributed by atoms with van der Waals surface area (Å²) in [6, 6.07) is 17.3. The molecule has 1 aliphatic heterocycles. The van der Waals surface area contributed by atoms with E-state index in [0.29, 0.717) is 0 Å². The number of hydrogen-bond donors (Lipinski definition) is 1. The third kappa shape index (κ3) is 5.00. The summed E-state index contributed by atoms with van der Waals surface area (Å²) in [7, 11) is 0. The number of halogens is 1. The molecule has 5 heteroatoms. The predicted octanol–water partition coefficient (Wildman–Crippen LogP) is 3.58. The zero-order chi connectivity index (χ0) is 17.6. The molecule has 25 heavy (non-hydrogen) atoms. The van der Waals surface area contributed by atoms with Gasteiger partial charge in [0.25, 0.3) is 0 Å². The highest BCUT2D eigenvalue weighted by Crippen LogP contribution is 2.13. The van der Waals surface area contributed by atoms with Crippen LogP contribution < -0.4 is 5.32 Å². The van der Waals surface area contributed by atoms with E-state index >= 15 is 0 Å². The highest BCUT2D eigenvalue weighted by molar-refractivity contribution is 7.80. The molecular weight excluding hydrogens is 333 g/mol. The van der Waals surface area contributed by atoms with Crippen LogP contribution in [0, 0.1) is 5.82 Å². The molecule has 1 heterocycles. The highest BCUT2D eigenvalue weighted by atomic mass is 32.1. The van der Waals surface area contributed by atoms with Crippen molar-refractivity contribution in [2.45, 2.75) is 19.5 Å². The maximum absolute atomic E-state index is 13.0. The van der Waals surface area contributed by atoms with Gasteiger partial charge in [0.2, 0.25) is 0 Å². The lowest BCUT2D eigenvalue weighted by Gasteiger charge is -2.37. The predicted molar refractivity (Wildman–Crippen MR) is 104 cm³/mol. The van der Waals surface area contributed by atoms with Crippen LogP contribution in [0.3, 0.4) is 0 Å². The zero-order valence-corrected chi connectivity index (χ0v) is 15.3. The number of nitrogens with zero attached hydrogens (tertiary/aromatic N) is 2. The minimum absolute atomic E-state index is 0.183. The van der Waals surface area contributed by atoms with Crippen molar-refractivity contribution in [3.05, 3.63) is 71.5 Å². The second-order valence-corrected chi connectivity index (χ2v) is 6.86. The SMILES string of the molecule is CC(NC(=S)N1CCN(Cc2ccc(F)cc2)CC1)c1ccccc1. The molecular formula is C20H24FN3S. The maximum Gasteiger partial charge on any atom is 0.169 e. The average Bonchev–Trinajstić information content (AvgIpc) is 2.65. The van der Waals surface area contributed by atoms with Crippen LogP contribution in [-0.2, 0) is 6.54 Å². The van der Waals surface area contributed by atoms with Crippen LogP contribution in [0.25, 0.3) is 0 Å². The first-order valence-corrected chi connectivity index (χ1v) is 9.10. The Morgan fingerprint density at radius 2 is 1.68 bits per heavy atom. The van der Waals surface area contributed by atoms with Crippen molar-refractivity contribution >= 4 is 17.3 Å². The molecule has 1 aliphatic rings. The van der Waals surface area contributed by atoms with E-state index in [9.17, 15) is 4.39 Å². The van der Waals surface area contributed by atoms with Crippen LogP contribution >= 0.6 is 12.2 Å². The van der Waals surface area contributed by atoms with E-state index in [4.69, 9.17) is 12.2 Å². The lowest BCUT2D eigenvalue weighted by atomic mass is 10.1. The molecule has 0 saturated carbocycles. The lowest BCUT2D eigenvalue weighted by molar-refractivity contribution is 0.174. The van der Waals surface area contributed by atoms with Crippen LogP contribution in [0.1, 0.15) is 24.1 Å². The summed E-state index contributed by atoms with van der Waals surface area (Å²) < 4.78 is 13.0. The van der Waals surface area contributed by atoms with Gasteiger partial charge in [-0.25, -0.2) is 4.39 Å². The summed E-state index contributed by atoms with van der Waals surface area (Å²) in [6.07, 6.45) is 0. The molecule has 0 aliphatic carbocycles. The Kier molecular flexibility index (Phi) is 6.00. The summed E-state index contributed by atoms with van der Waals surface area (Å²) in [5.74, 6) is -0.183. The van der Waals surface area contributed by atoms with E-state index in [0.717, 1.165) is 43.4 Å². The lowest BCUT2D eigenvalue weighted by Crippen LogP contribution is -2.51. The van der Waals surface area contributed by atoms with Gasteiger partial charge in [0.15, 0.2) is 5.11 Å². The van der Waals surface area contributed by atoms with Crippen LogP contribution in [0.4, 0.5) is 4.39 Å². The standard InChI is InChI=1S/C20H24FN3S/c1-16(18-5-3-2-4-6-18)22-20(25)24-13-11-23(12-14-24)15-17-7-9-19(21)10-8-17/h2-10,16H,11-15H2,1H3,(H,22,25). The molecule has 2 aromatic rings. The smallest absolute Gasteiger partial charge is 0.169 e. The van der Waals surface area contributed by atoms with E-state index in [1.165, 1.54) is 17.7 Å². The van der Waals surface area contributed by atoms with E-state index in [1.54, 1.807) is 0 Å². The van der Waals surface area contributed by atoms with Gasteiger partial charge in [0.05, 0.1) is 6.04 Å². The van der Waals surface area contributed by atoms with E-state index in [1.807, 2.05) is 30.3 Å². The molecule has 0 aromatic heterocycles. The second-order valence-electron chi connectivity index (χ2n) is 6.47. The molecule has 3 nitrogen and oxygen atoms in total. The van der Waals surface area contributed by atoms with Crippen molar-refractivity contribution in [3.63, 3.8) is 0 Å². The average molecular weight is 357 g/mol. The summed E-state index contributed by atoms with van der Waals surface area (Å²) in [5, 5.41) is 4.25. The first-order valence-electron chi connectivity index (χ1n) is 8.69. The molecule has 1 fully saturated rings. The molecule has 3 rings (SSSR count). The first-order chi connectivity index (χ1) is 12.1. The fourth-order valence-electron chi connectivity index (χ4n) is 3.06. The Balaban J connectivity index is 1.46. The van der Waals surface area contributed by atoms with Crippen molar-refractivity contribution in [3.8, 4) is 0 Å². The van der Waals surface area contributed by atoms with Crippen molar-refractivity contribution in [2.24, 2.45) is 0 Å². The van der Waals surface area contributed by atoms with Crippen LogP contribution in [0.15, 0.2) is 54.6 Å². The zero-order valence-electron chi connectivity index (χ0n) is 14.5. The van der Waals surface area contributed by atoms with Gasteiger partial charge in [0, 0.05) is 32.7 Å². The molecule has 0 bridgehead atoms. The number of piperazine rings is 1. The number of rotatable bonds is 4. The monoisotopic (exact) mass is 357 g/mol. The van der Waals surface area contributed by atoms with Crippen LogP contribution in [0.2, 0.25) is 0 Å². The number of benzene rings is 2. The number of hydrogen-bond acceptors (Lipinski definition) is 2. The third-order valence-electron chi connectivity index (χ3n) is 4.62. The highest BCUT2D eigenvalue weighted by Gasteiger charge is 2.20. The van der Waals surface area contributed by atoms with Crippen molar-refractivity contribution in [1.29, 1.82) is 0 Å². The summed E-state index contributed by atoms with van der Waals surface area (Å²) in [5.41, 5.74) is 2.38. The van der Waals surface area contributed by atoms with E-state index in [-0.39, 0.29) is 11.9 Å².